The molecule has 0 bridgehead atoms. The molecule has 2 rings (SSSR count). The van der Waals surface area contributed by atoms with Gasteiger partial charge in [-0.05, 0) is 25.1 Å². The minimum Gasteiger partial charge on any atom is -0.478 e. The molecule has 0 fully saturated rings. The highest BCUT2D eigenvalue weighted by Crippen LogP contribution is 2.16. The third-order valence-electron chi connectivity index (χ3n) is 2.76. The number of nitrogens with two attached hydrogens (primary N) is 1. The first-order valence-corrected chi connectivity index (χ1v) is 5.18. The van der Waals surface area contributed by atoms with Crippen molar-refractivity contribution in [2.24, 2.45) is 5.73 Å². The molecule has 0 aliphatic heterocycles. The Hall–Kier alpha value is -2.57. The van der Waals surface area contributed by atoms with E-state index in [1.54, 1.807) is 0 Å². The molecule has 1 atom stereocenters. The van der Waals surface area contributed by atoms with Gasteiger partial charge in [-0.3, -0.25) is 9.36 Å². The van der Waals surface area contributed by atoms with E-state index in [0.29, 0.717) is 11.0 Å². The monoisotopic (exact) mass is 249 g/mol. The molecule has 94 valence electrons. The number of hydrogen-bond donors (Lipinski definition) is 3. The van der Waals surface area contributed by atoms with Gasteiger partial charge in [-0.2, -0.15) is 0 Å². The Bertz CT molecular complexity index is 698. The molecule has 1 heterocycles. The molecular formula is C11H11N3O4. The molecule has 0 saturated heterocycles. The first-order valence-electron chi connectivity index (χ1n) is 5.18. The number of carboxylic acids is 1. The Balaban J connectivity index is 2.75. The van der Waals surface area contributed by atoms with Gasteiger partial charge in [0, 0.05) is 0 Å². The number of aromatic amines is 1. The molecule has 18 heavy (non-hydrogen) atoms. The fraction of sp³-hybridized carbons (Fsp3) is 0.182. The molecule has 0 radical (unpaired) electrons. The van der Waals surface area contributed by atoms with E-state index in [9.17, 15) is 14.4 Å². The van der Waals surface area contributed by atoms with Crippen LogP contribution >= 0.6 is 0 Å². The third kappa shape index (κ3) is 1.75. The molecule has 0 aliphatic carbocycles. The number of carbonyl (C=O) groups is 2. The van der Waals surface area contributed by atoms with Gasteiger partial charge in [0.2, 0.25) is 5.91 Å². The number of aromatic carboxylic acids is 1. The summed E-state index contributed by atoms with van der Waals surface area (Å²) >= 11 is 0. The predicted molar refractivity (Wildman–Crippen MR) is 63.4 cm³/mol. The number of nitrogens with zero attached hydrogens (tertiary/aromatic N) is 1. The number of rotatable bonds is 3. The molecule has 7 heteroatoms. The van der Waals surface area contributed by atoms with Crippen molar-refractivity contribution in [3.63, 3.8) is 0 Å². The van der Waals surface area contributed by atoms with Gasteiger partial charge < -0.3 is 15.8 Å². The van der Waals surface area contributed by atoms with E-state index >= 15 is 0 Å². The smallest absolute Gasteiger partial charge is 0.335 e. The average molecular weight is 249 g/mol. The topological polar surface area (TPSA) is 118 Å². The maximum Gasteiger partial charge on any atom is 0.335 e. The number of hydrogen-bond acceptors (Lipinski definition) is 3. The summed E-state index contributed by atoms with van der Waals surface area (Å²) in [6.45, 7) is 1.48. The molecule has 0 aliphatic rings. The second-order valence-electron chi connectivity index (χ2n) is 3.92. The summed E-state index contributed by atoms with van der Waals surface area (Å²) < 4.78 is 1.14. The van der Waals surface area contributed by atoms with Crippen LogP contribution in [0.2, 0.25) is 0 Å². The van der Waals surface area contributed by atoms with Crippen LogP contribution in [-0.4, -0.2) is 26.5 Å². The Labute approximate surface area is 101 Å². The molecule has 1 unspecified atom stereocenters. The van der Waals surface area contributed by atoms with E-state index in [1.165, 1.54) is 25.1 Å². The molecule has 7 nitrogen and oxygen atoms in total. The Morgan fingerprint density at radius 3 is 2.67 bits per heavy atom. The number of benzene rings is 1. The standard InChI is InChI=1S/C11H11N3O4/c1-5(9(12)15)14-8-4-6(10(16)17)2-3-7(8)13-11(14)18/h2-5H,1H3,(H2,12,15)(H,13,18)(H,16,17). The summed E-state index contributed by atoms with van der Waals surface area (Å²) in [5.41, 5.74) is 5.48. The van der Waals surface area contributed by atoms with Gasteiger partial charge in [0.1, 0.15) is 6.04 Å². The Morgan fingerprint density at radius 2 is 2.11 bits per heavy atom. The fourth-order valence-corrected chi connectivity index (χ4v) is 1.77. The average Bonchev–Trinajstić information content (AvgIpc) is 2.62. The van der Waals surface area contributed by atoms with Crippen LogP contribution in [0.5, 0.6) is 0 Å². The molecule has 1 amide bonds. The first-order chi connectivity index (χ1) is 8.41. The molecule has 2 aromatic rings. The number of aromatic nitrogens is 2. The van der Waals surface area contributed by atoms with Crippen molar-refractivity contribution in [1.29, 1.82) is 0 Å². The number of fused-ring (bicyclic) bond motifs is 1. The molecule has 1 aromatic carbocycles. The van der Waals surface area contributed by atoms with Crippen LogP contribution in [0.15, 0.2) is 23.0 Å². The van der Waals surface area contributed by atoms with Crippen molar-refractivity contribution in [3.8, 4) is 0 Å². The summed E-state index contributed by atoms with van der Waals surface area (Å²) in [5, 5.41) is 8.90. The van der Waals surface area contributed by atoms with Gasteiger partial charge in [0.25, 0.3) is 0 Å². The van der Waals surface area contributed by atoms with E-state index < -0.39 is 23.6 Å². The summed E-state index contributed by atoms with van der Waals surface area (Å²) in [7, 11) is 0. The first kappa shape index (κ1) is 11.9. The maximum atomic E-state index is 11.7. The van der Waals surface area contributed by atoms with Crippen LogP contribution in [0.25, 0.3) is 11.0 Å². The largest absolute Gasteiger partial charge is 0.478 e. The summed E-state index contributed by atoms with van der Waals surface area (Å²) in [6, 6.07) is 3.33. The van der Waals surface area contributed by atoms with E-state index in [-0.39, 0.29) is 5.56 Å². The summed E-state index contributed by atoms with van der Waals surface area (Å²) in [4.78, 5) is 36.3. The van der Waals surface area contributed by atoms with Gasteiger partial charge in [-0.1, -0.05) is 0 Å². The van der Waals surface area contributed by atoms with Gasteiger partial charge in [0.05, 0.1) is 16.6 Å². The zero-order valence-corrected chi connectivity index (χ0v) is 9.51. The van der Waals surface area contributed by atoms with Crippen molar-refractivity contribution in [1.82, 2.24) is 9.55 Å². The number of carboxylic acid groups (broad SMARTS) is 1. The zero-order valence-electron chi connectivity index (χ0n) is 9.51. The van der Waals surface area contributed by atoms with Gasteiger partial charge in [-0.25, -0.2) is 9.59 Å². The van der Waals surface area contributed by atoms with Crippen molar-refractivity contribution >= 4 is 22.9 Å². The lowest BCUT2D eigenvalue weighted by atomic mass is 10.2. The van der Waals surface area contributed by atoms with E-state index in [0.717, 1.165) is 4.57 Å². The molecule has 4 N–H and O–H groups in total. The van der Waals surface area contributed by atoms with E-state index in [4.69, 9.17) is 10.8 Å². The Morgan fingerprint density at radius 1 is 1.44 bits per heavy atom. The number of imidazole rings is 1. The number of amides is 1. The van der Waals surface area contributed by atoms with Crippen molar-refractivity contribution in [2.45, 2.75) is 13.0 Å². The zero-order chi connectivity index (χ0) is 13.4. The second-order valence-corrected chi connectivity index (χ2v) is 3.92. The number of carbonyl (C=O) groups excluding carboxylic acids is 1. The lowest BCUT2D eigenvalue weighted by Crippen LogP contribution is -2.30. The fourth-order valence-electron chi connectivity index (χ4n) is 1.77. The minimum atomic E-state index is -1.11. The summed E-state index contributed by atoms with van der Waals surface area (Å²) in [5.74, 6) is -1.78. The quantitative estimate of drug-likeness (QED) is 0.713. The van der Waals surface area contributed by atoms with Gasteiger partial charge >= 0.3 is 11.7 Å². The second kappa shape index (κ2) is 4.02. The van der Waals surface area contributed by atoms with Crippen molar-refractivity contribution in [2.75, 3.05) is 0 Å². The molecule has 1 aromatic heterocycles. The van der Waals surface area contributed by atoms with Gasteiger partial charge in [0.15, 0.2) is 0 Å². The van der Waals surface area contributed by atoms with Crippen LogP contribution in [0.4, 0.5) is 0 Å². The lowest BCUT2D eigenvalue weighted by Gasteiger charge is -2.09. The minimum absolute atomic E-state index is 0.0342. The third-order valence-corrected chi connectivity index (χ3v) is 2.76. The van der Waals surface area contributed by atoms with Crippen LogP contribution < -0.4 is 11.4 Å². The van der Waals surface area contributed by atoms with E-state index in [1.807, 2.05) is 0 Å². The SMILES string of the molecule is CC(C(N)=O)n1c(=O)[nH]c2ccc(C(=O)O)cc21. The van der Waals surface area contributed by atoms with Crippen molar-refractivity contribution < 1.29 is 14.7 Å². The number of nitrogens with one attached hydrogen (secondary N) is 1. The number of primary amides is 1. The van der Waals surface area contributed by atoms with E-state index in [2.05, 4.69) is 4.98 Å². The maximum absolute atomic E-state index is 11.7. The molecule has 0 spiro atoms. The predicted octanol–water partition coefficient (Wildman–Crippen LogP) is 0.0741. The van der Waals surface area contributed by atoms with Gasteiger partial charge in [-0.15, -0.1) is 0 Å². The highest BCUT2D eigenvalue weighted by atomic mass is 16.4. The summed E-state index contributed by atoms with van der Waals surface area (Å²) in [6.07, 6.45) is 0. The van der Waals surface area contributed by atoms with Crippen molar-refractivity contribution in [3.05, 3.63) is 34.2 Å². The lowest BCUT2D eigenvalue weighted by molar-refractivity contribution is -0.120. The Kier molecular flexibility index (Phi) is 2.66. The van der Waals surface area contributed by atoms with Crippen LogP contribution in [0, 0.1) is 0 Å². The van der Waals surface area contributed by atoms with Crippen LogP contribution in [0.3, 0.4) is 0 Å². The highest BCUT2D eigenvalue weighted by molar-refractivity contribution is 5.93. The van der Waals surface area contributed by atoms with Crippen LogP contribution in [0.1, 0.15) is 23.3 Å². The normalized spacial score (nSPS) is 12.5. The highest BCUT2D eigenvalue weighted by Gasteiger charge is 2.18. The molecular weight excluding hydrogens is 238 g/mol. The number of H-pyrrole nitrogens is 1. The molecule has 0 saturated carbocycles. The van der Waals surface area contributed by atoms with Crippen LogP contribution in [-0.2, 0) is 4.79 Å².